The topological polar surface area (TPSA) is 149 Å². The summed E-state index contributed by atoms with van der Waals surface area (Å²) in [4.78, 5) is 36.1. The molecule has 186 valence electrons. The number of benzene rings is 1. The number of carbonyl (C=O) groups excluding carboxylic acids is 2. The summed E-state index contributed by atoms with van der Waals surface area (Å²) in [6.45, 7) is 2.79. The van der Waals surface area contributed by atoms with E-state index in [0.717, 1.165) is 30.3 Å². The first kappa shape index (κ1) is 23.3. The van der Waals surface area contributed by atoms with E-state index in [1.165, 1.54) is 0 Å². The van der Waals surface area contributed by atoms with E-state index < -0.39 is 5.91 Å². The maximum atomic E-state index is 13.1. The van der Waals surface area contributed by atoms with Crippen LogP contribution in [0.1, 0.15) is 40.6 Å². The van der Waals surface area contributed by atoms with Gasteiger partial charge in [-0.05, 0) is 38.0 Å². The number of hydrogen-bond donors (Lipinski definition) is 3. The molecule has 0 spiro atoms. The van der Waals surface area contributed by atoms with Crippen LogP contribution < -0.4 is 21.3 Å². The molecule has 4 heterocycles. The Labute approximate surface area is 207 Å². The van der Waals surface area contributed by atoms with Gasteiger partial charge in [0, 0.05) is 56.1 Å². The molecule has 1 aliphatic rings. The number of piperidine rings is 1. The second-order valence-electron chi connectivity index (χ2n) is 9.05. The summed E-state index contributed by atoms with van der Waals surface area (Å²) in [6.07, 6.45) is 8.52. The Morgan fingerprint density at radius 3 is 2.72 bits per heavy atom. The highest BCUT2D eigenvalue weighted by atomic mass is 16.2. The lowest BCUT2D eigenvalue weighted by atomic mass is 9.97. The summed E-state index contributed by atoms with van der Waals surface area (Å²) in [5.74, 6) is 0.0437. The largest absolute Gasteiger partial charge is 0.364 e. The van der Waals surface area contributed by atoms with Gasteiger partial charge in [0.2, 0.25) is 0 Å². The van der Waals surface area contributed by atoms with Crippen molar-refractivity contribution >= 4 is 40.0 Å². The molecule has 5 rings (SSSR count). The van der Waals surface area contributed by atoms with Crippen LogP contribution in [0.5, 0.6) is 0 Å². The van der Waals surface area contributed by atoms with Gasteiger partial charge in [0.25, 0.3) is 11.8 Å². The third kappa shape index (κ3) is 4.57. The Morgan fingerprint density at radius 1 is 1.14 bits per heavy atom. The van der Waals surface area contributed by atoms with Gasteiger partial charge in [-0.2, -0.15) is 10.2 Å². The van der Waals surface area contributed by atoms with E-state index in [4.69, 9.17) is 5.73 Å². The Bertz CT molecular complexity index is 1440. The minimum atomic E-state index is -0.678. The number of anilines is 3. The van der Waals surface area contributed by atoms with Crippen LogP contribution in [0.3, 0.4) is 0 Å². The van der Waals surface area contributed by atoms with E-state index >= 15 is 0 Å². The normalized spacial score (nSPS) is 17.8. The maximum absolute atomic E-state index is 13.1. The first-order chi connectivity index (χ1) is 17.3. The summed E-state index contributed by atoms with van der Waals surface area (Å²) in [5.41, 5.74) is 7.67. The number of hydrogen-bond acceptors (Lipinski definition) is 8. The van der Waals surface area contributed by atoms with Crippen LogP contribution in [0, 0.1) is 0 Å². The fourth-order valence-electron chi connectivity index (χ4n) is 4.61. The summed E-state index contributed by atoms with van der Waals surface area (Å²) in [7, 11) is 3.65. The van der Waals surface area contributed by atoms with E-state index in [2.05, 4.69) is 35.7 Å². The van der Waals surface area contributed by atoms with Crippen molar-refractivity contribution in [2.45, 2.75) is 31.8 Å². The summed E-state index contributed by atoms with van der Waals surface area (Å²) >= 11 is 0. The van der Waals surface area contributed by atoms with Crippen molar-refractivity contribution in [3.05, 3.63) is 54.2 Å². The molecule has 1 aromatic carbocycles. The molecule has 0 saturated carbocycles. The predicted octanol–water partition coefficient (Wildman–Crippen LogP) is 1.73. The number of rotatable bonds is 6. The zero-order chi connectivity index (χ0) is 25.4. The number of nitrogens with two attached hydrogens (primary N) is 1. The van der Waals surface area contributed by atoms with Gasteiger partial charge in [-0.15, -0.1) is 0 Å². The van der Waals surface area contributed by atoms with E-state index in [-0.39, 0.29) is 29.5 Å². The number of nitrogens with zero attached hydrogens (tertiary/aromatic N) is 7. The fraction of sp³-hybridized carbons (Fsp3) is 0.333. The number of carbonyl (C=O) groups is 2. The summed E-state index contributed by atoms with van der Waals surface area (Å²) in [5, 5.41) is 15.7. The van der Waals surface area contributed by atoms with Crippen molar-refractivity contribution < 1.29 is 9.59 Å². The molecule has 4 N–H and O–H groups in total. The zero-order valence-electron chi connectivity index (χ0n) is 20.3. The molecule has 2 atom stereocenters. The van der Waals surface area contributed by atoms with E-state index in [9.17, 15) is 9.59 Å². The van der Waals surface area contributed by atoms with Gasteiger partial charge >= 0.3 is 0 Å². The molecule has 36 heavy (non-hydrogen) atoms. The molecule has 3 aromatic heterocycles. The second kappa shape index (κ2) is 9.29. The van der Waals surface area contributed by atoms with E-state index in [1.54, 1.807) is 41.1 Å². The minimum absolute atomic E-state index is 0.0444. The Kier molecular flexibility index (Phi) is 6.00. The molecule has 12 nitrogen and oxygen atoms in total. The SMILES string of the molecule is C[C@@H]1[C@H](NC(=O)c2ccc3nn(C)cc3c2)CCCN1c1cnc(C(N)=O)c(Nc2cnn(C)c2)n1. The zero-order valence-corrected chi connectivity index (χ0v) is 20.3. The molecular formula is C24H28N10O2. The van der Waals surface area contributed by atoms with Gasteiger partial charge in [-0.25, -0.2) is 9.97 Å². The molecular weight excluding hydrogens is 460 g/mol. The Morgan fingerprint density at radius 2 is 1.97 bits per heavy atom. The van der Waals surface area contributed by atoms with Crippen LogP contribution >= 0.6 is 0 Å². The molecule has 1 saturated heterocycles. The van der Waals surface area contributed by atoms with Gasteiger partial charge in [-0.1, -0.05) is 0 Å². The molecule has 0 bridgehead atoms. The van der Waals surface area contributed by atoms with Crippen molar-refractivity contribution in [1.29, 1.82) is 0 Å². The highest BCUT2D eigenvalue weighted by Gasteiger charge is 2.31. The van der Waals surface area contributed by atoms with Crippen molar-refractivity contribution in [2.24, 2.45) is 19.8 Å². The lowest BCUT2D eigenvalue weighted by Crippen LogP contribution is -2.54. The average Bonchev–Trinajstić information content (AvgIpc) is 3.43. The second-order valence-corrected chi connectivity index (χ2v) is 9.05. The first-order valence-corrected chi connectivity index (χ1v) is 11.7. The third-order valence-electron chi connectivity index (χ3n) is 6.44. The summed E-state index contributed by atoms with van der Waals surface area (Å²) in [6, 6.07) is 5.36. The lowest BCUT2D eigenvalue weighted by Gasteiger charge is -2.40. The van der Waals surface area contributed by atoms with Gasteiger partial charge in [-0.3, -0.25) is 19.0 Å². The number of fused-ring (bicyclic) bond motifs is 1. The van der Waals surface area contributed by atoms with Crippen molar-refractivity contribution in [3.8, 4) is 0 Å². The van der Waals surface area contributed by atoms with Gasteiger partial charge in [0.15, 0.2) is 11.5 Å². The van der Waals surface area contributed by atoms with E-state index in [0.29, 0.717) is 17.1 Å². The lowest BCUT2D eigenvalue weighted by molar-refractivity contribution is 0.0923. The number of primary amides is 1. The molecule has 1 fully saturated rings. The highest BCUT2D eigenvalue weighted by Crippen LogP contribution is 2.27. The van der Waals surface area contributed by atoms with Crippen LogP contribution in [-0.4, -0.2) is 60.0 Å². The molecule has 0 radical (unpaired) electrons. The van der Waals surface area contributed by atoms with E-state index in [1.807, 2.05) is 32.3 Å². The molecule has 1 aliphatic heterocycles. The smallest absolute Gasteiger partial charge is 0.271 e. The van der Waals surface area contributed by atoms with Crippen LogP contribution in [-0.2, 0) is 14.1 Å². The fourth-order valence-corrected chi connectivity index (χ4v) is 4.61. The van der Waals surface area contributed by atoms with Crippen LogP contribution in [0.4, 0.5) is 17.3 Å². The number of nitrogens with one attached hydrogen (secondary N) is 2. The predicted molar refractivity (Wildman–Crippen MR) is 135 cm³/mol. The van der Waals surface area contributed by atoms with Crippen molar-refractivity contribution in [2.75, 3.05) is 16.8 Å². The molecule has 4 aromatic rings. The third-order valence-corrected chi connectivity index (χ3v) is 6.44. The quantitative estimate of drug-likeness (QED) is 0.371. The number of aromatic nitrogens is 6. The summed E-state index contributed by atoms with van der Waals surface area (Å²) < 4.78 is 3.37. The van der Waals surface area contributed by atoms with Gasteiger partial charge < -0.3 is 21.3 Å². The molecule has 0 aliphatic carbocycles. The van der Waals surface area contributed by atoms with Crippen LogP contribution in [0.25, 0.3) is 10.9 Å². The van der Waals surface area contributed by atoms with Crippen molar-refractivity contribution in [3.63, 3.8) is 0 Å². The first-order valence-electron chi connectivity index (χ1n) is 11.7. The molecule has 12 heteroatoms. The molecule has 0 unspecified atom stereocenters. The highest BCUT2D eigenvalue weighted by molar-refractivity contribution is 5.98. The Hall–Kier alpha value is -4.48. The molecule has 2 amide bonds. The Balaban J connectivity index is 1.35. The van der Waals surface area contributed by atoms with Gasteiger partial charge in [0.1, 0.15) is 5.82 Å². The number of aryl methyl sites for hydroxylation is 2. The number of amides is 2. The van der Waals surface area contributed by atoms with Gasteiger partial charge in [0.05, 0.1) is 23.6 Å². The maximum Gasteiger partial charge on any atom is 0.271 e. The van der Waals surface area contributed by atoms with Crippen LogP contribution in [0.2, 0.25) is 0 Å². The minimum Gasteiger partial charge on any atom is -0.364 e. The standard InChI is InChI=1S/C24H28N10O2/c1-14-18(29-24(36)15-6-7-19-16(9-15)12-33(3)31-19)5-4-8-34(14)20-11-26-21(22(25)35)23(30-20)28-17-10-27-32(2)13-17/h6-7,9-14,18H,4-5,8H2,1-3H3,(H2,25,35)(H,28,30)(H,29,36)/t14-,18-/m1/s1. The van der Waals surface area contributed by atoms with Crippen LogP contribution in [0.15, 0.2) is 43.0 Å². The average molecular weight is 489 g/mol. The van der Waals surface area contributed by atoms with Crippen molar-refractivity contribution in [1.82, 2.24) is 34.8 Å². The monoisotopic (exact) mass is 488 g/mol.